The third-order valence-corrected chi connectivity index (χ3v) is 3.15. The summed E-state index contributed by atoms with van der Waals surface area (Å²) in [5.74, 6) is -1.48. The standard InChI is InChI=1S/C16H22FNO2/c1-3-5-10-18(4-2)12-13-6-8-15(17)14(11-13)7-9-16(19)20/h6-9,11H,3-5,10,12H2,1-2H3,(H,19,20). The largest absolute Gasteiger partial charge is 0.478 e. The maximum atomic E-state index is 13.6. The first kappa shape index (κ1) is 16.4. The van der Waals surface area contributed by atoms with Crippen LogP contribution >= 0.6 is 0 Å². The molecule has 0 spiro atoms. The van der Waals surface area contributed by atoms with E-state index in [0.29, 0.717) is 5.56 Å². The fraction of sp³-hybridized carbons (Fsp3) is 0.438. The van der Waals surface area contributed by atoms with Crippen molar-refractivity contribution in [1.82, 2.24) is 4.90 Å². The maximum absolute atomic E-state index is 13.6. The summed E-state index contributed by atoms with van der Waals surface area (Å²) in [4.78, 5) is 12.8. The van der Waals surface area contributed by atoms with Crippen LogP contribution in [0.5, 0.6) is 0 Å². The molecule has 3 nitrogen and oxygen atoms in total. The highest BCUT2D eigenvalue weighted by Gasteiger charge is 2.06. The monoisotopic (exact) mass is 279 g/mol. The van der Waals surface area contributed by atoms with Gasteiger partial charge in [0.15, 0.2) is 0 Å². The van der Waals surface area contributed by atoms with Gasteiger partial charge in [0.2, 0.25) is 0 Å². The quantitative estimate of drug-likeness (QED) is 0.740. The Kier molecular flexibility index (Phi) is 6.94. The number of carboxylic acids is 1. The second kappa shape index (κ2) is 8.48. The molecule has 0 amide bonds. The van der Waals surface area contributed by atoms with E-state index in [4.69, 9.17) is 5.11 Å². The van der Waals surface area contributed by atoms with Crippen LogP contribution in [0.4, 0.5) is 4.39 Å². The molecule has 0 saturated carbocycles. The summed E-state index contributed by atoms with van der Waals surface area (Å²) in [5, 5.41) is 8.60. The molecule has 0 bridgehead atoms. The normalized spacial score (nSPS) is 11.4. The number of hydrogen-bond acceptors (Lipinski definition) is 2. The lowest BCUT2D eigenvalue weighted by atomic mass is 10.1. The molecule has 0 heterocycles. The zero-order chi connectivity index (χ0) is 15.0. The topological polar surface area (TPSA) is 40.5 Å². The Morgan fingerprint density at radius 2 is 2.15 bits per heavy atom. The molecule has 4 heteroatoms. The summed E-state index contributed by atoms with van der Waals surface area (Å²) in [7, 11) is 0. The summed E-state index contributed by atoms with van der Waals surface area (Å²) >= 11 is 0. The molecule has 0 aromatic heterocycles. The van der Waals surface area contributed by atoms with Gasteiger partial charge in [-0.1, -0.05) is 26.3 Å². The summed E-state index contributed by atoms with van der Waals surface area (Å²) in [6.45, 7) is 6.97. The minimum Gasteiger partial charge on any atom is -0.478 e. The van der Waals surface area contributed by atoms with Crippen LogP contribution in [0.2, 0.25) is 0 Å². The minimum absolute atomic E-state index is 0.316. The average molecular weight is 279 g/mol. The van der Waals surface area contributed by atoms with E-state index in [1.807, 2.05) is 0 Å². The van der Waals surface area contributed by atoms with E-state index in [9.17, 15) is 9.18 Å². The predicted octanol–water partition coefficient (Wildman–Crippen LogP) is 3.55. The number of rotatable bonds is 8. The molecule has 110 valence electrons. The van der Waals surface area contributed by atoms with Gasteiger partial charge in [-0.05, 0) is 43.3 Å². The molecule has 1 aromatic carbocycles. The van der Waals surface area contributed by atoms with Crippen molar-refractivity contribution in [3.05, 3.63) is 41.2 Å². The van der Waals surface area contributed by atoms with Crippen LogP contribution in [0.25, 0.3) is 6.08 Å². The molecule has 0 radical (unpaired) electrons. The number of unbranched alkanes of at least 4 members (excludes halogenated alkanes) is 1. The van der Waals surface area contributed by atoms with Crippen molar-refractivity contribution in [3.63, 3.8) is 0 Å². The van der Waals surface area contributed by atoms with Crippen molar-refractivity contribution >= 4 is 12.0 Å². The van der Waals surface area contributed by atoms with E-state index in [1.165, 1.54) is 12.1 Å². The molecule has 1 aromatic rings. The summed E-state index contributed by atoms with van der Waals surface area (Å²) in [6, 6.07) is 4.86. The number of halogens is 1. The van der Waals surface area contributed by atoms with Crippen LogP contribution in [-0.4, -0.2) is 29.1 Å². The Hall–Kier alpha value is -1.68. The molecule has 0 aliphatic rings. The van der Waals surface area contributed by atoms with Crippen LogP contribution < -0.4 is 0 Å². The summed E-state index contributed by atoms with van der Waals surface area (Å²) in [6.07, 6.45) is 4.54. The van der Waals surface area contributed by atoms with Gasteiger partial charge in [0.1, 0.15) is 5.82 Å². The van der Waals surface area contributed by atoms with Gasteiger partial charge in [0.05, 0.1) is 0 Å². The van der Waals surface area contributed by atoms with E-state index < -0.39 is 11.8 Å². The smallest absolute Gasteiger partial charge is 0.328 e. The highest BCUT2D eigenvalue weighted by molar-refractivity contribution is 5.85. The molecule has 0 saturated heterocycles. The summed E-state index contributed by atoms with van der Waals surface area (Å²) in [5.41, 5.74) is 1.31. The number of aliphatic carboxylic acids is 1. The maximum Gasteiger partial charge on any atom is 0.328 e. The van der Waals surface area contributed by atoms with Gasteiger partial charge >= 0.3 is 5.97 Å². The molecule has 0 aliphatic carbocycles. The zero-order valence-electron chi connectivity index (χ0n) is 12.1. The first-order valence-electron chi connectivity index (χ1n) is 6.98. The van der Waals surface area contributed by atoms with E-state index >= 15 is 0 Å². The predicted molar refractivity (Wildman–Crippen MR) is 78.9 cm³/mol. The molecular formula is C16H22FNO2. The molecule has 20 heavy (non-hydrogen) atoms. The molecule has 0 unspecified atom stereocenters. The molecule has 1 N–H and O–H groups in total. The molecule has 1 rings (SSSR count). The fourth-order valence-electron chi connectivity index (χ4n) is 1.97. The van der Waals surface area contributed by atoms with E-state index in [1.54, 1.807) is 12.1 Å². The Morgan fingerprint density at radius 1 is 1.40 bits per heavy atom. The van der Waals surface area contributed by atoms with Crippen LogP contribution in [0.1, 0.15) is 37.8 Å². The van der Waals surface area contributed by atoms with E-state index in [2.05, 4.69) is 18.7 Å². The van der Waals surface area contributed by atoms with Crippen molar-refractivity contribution in [2.75, 3.05) is 13.1 Å². The molecule has 0 fully saturated rings. The van der Waals surface area contributed by atoms with Gasteiger partial charge in [0.25, 0.3) is 0 Å². The van der Waals surface area contributed by atoms with Gasteiger partial charge in [-0.25, -0.2) is 9.18 Å². The highest BCUT2D eigenvalue weighted by atomic mass is 19.1. The van der Waals surface area contributed by atoms with Crippen molar-refractivity contribution in [3.8, 4) is 0 Å². The number of carbonyl (C=O) groups is 1. The SMILES string of the molecule is CCCCN(CC)Cc1ccc(F)c(C=CC(=O)O)c1. The Labute approximate surface area is 119 Å². The highest BCUT2D eigenvalue weighted by Crippen LogP contribution is 2.14. The van der Waals surface area contributed by atoms with Crippen LogP contribution in [0.3, 0.4) is 0 Å². The first-order valence-corrected chi connectivity index (χ1v) is 6.98. The Balaban J connectivity index is 2.80. The molecule has 0 aliphatic heterocycles. The lowest BCUT2D eigenvalue weighted by molar-refractivity contribution is -0.131. The van der Waals surface area contributed by atoms with Crippen molar-refractivity contribution in [2.24, 2.45) is 0 Å². The van der Waals surface area contributed by atoms with Gasteiger partial charge in [-0.3, -0.25) is 4.90 Å². The lowest BCUT2D eigenvalue weighted by Gasteiger charge is -2.20. The average Bonchev–Trinajstić information content (AvgIpc) is 2.43. The molecule has 0 atom stereocenters. The second-order valence-corrected chi connectivity index (χ2v) is 4.75. The van der Waals surface area contributed by atoms with Crippen LogP contribution in [0, 0.1) is 5.82 Å². The van der Waals surface area contributed by atoms with Gasteiger partial charge in [0, 0.05) is 18.2 Å². The number of benzene rings is 1. The second-order valence-electron chi connectivity index (χ2n) is 4.75. The van der Waals surface area contributed by atoms with Crippen LogP contribution in [-0.2, 0) is 11.3 Å². The van der Waals surface area contributed by atoms with Gasteiger partial charge in [-0.2, -0.15) is 0 Å². The minimum atomic E-state index is -1.08. The van der Waals surface area contributed by atoms with E-state index in [0.717, 1.165) is 44.1 Å². The third-order valence-electron chi connectivity index (χ3n) is 3.15. The van der Waals surface area contributed by atoms with Crippen LogP contribution in [0.15, 0.2) is 24.3 Å². The van der Waals surface area contributed by atoms with Gasteiger partial charge < -0.3 is 5.11 Å². The van der Waals surface area contributed by atoms with Gasteiger partial charge in [-0.15, -0.1) is 0 Å². The third kappa shape index (κ3) is 5.53. The Morgan fingerprint density at radius 3 is 2.75 bits per heavy atom. The van der Waals surface area contributed by atoms with Crippen molar-refractivity contribution in [2.45, 2.75) is 33.2 Å². The number of nitrogens with zero attached hydrogens (tertiary/aromatic N) is 1. The van der Waals surface area contributed by atoms with Crippen molar-refractivity contribution in [1.29, 1.82) is 0 Å². The number of carboxylic acid groups (broad SMARTS) is 1. The lowest BCUT2D eigenvalue weighted by Crippen LogP contribution is -2.23. The summed E-state index contributed by atoms with van der Waals surface area (Å²) < 4.78 is 13.6. The Bertz CT molecular complexity index is 472. The fourth-order valence-corrected chi connectivity index (χ4v) is 1.97. The number of hydrogen-bond donors (Lipinski definition) is 1. The first-order chi connectivity index (χ1) is 9.56. The zero-order valence-corrected chi connectivity index (χ0v) is 12.1. The van der Waals surface area contributed by atoms with Crippen molar-refractivity contribution < 1.29 is 14.3 Å². The molecular weight excluding hydrogens is 257 g/mol. The van der Waals surface area contributed by atoms with E-state index in [-0.39, 0.29) is 0 Å².